The summed E-state index contributed by atoms with van der Waals surface area (Å²) in [6.07, 6.45) is 8.05. The molecule has 0 spiro atoms. The molecular formula is C26H19BrN4. The van der Waals surface area contributed by atoms with Gasteiger partial charge in [-0.25, -0.2) is 9.97 Å². The maximum absolute atomic E-state index is 4.62. The van der Waals surface area contributed by atoms with Crippen molar-refractivity contribution in [2.45, 2.75) is 0 Å². The molecule has 4 nitrogen and oxygen atoms in total. The molecule has 31 heavy (non-hydrogen) atoms. The summed E-state index contributed by atoms with van der Waals surface area (Å²) in [6.45, 7) is 0. The topological polar surface area (TPSA) is 57.4 Å². The molecule has 0 amide bonds. The number of halogens is 1. The summed E-state index contributed by atoms with van der Waals surface area (Å²) in [7, 11) is 0. The van der Waals surface area contributed by atoms with Crippen molar-refractivity contribution < 1.29 is 0 Å². The van der Waals surface area contributed by atoms with E-state index in [4.69, 9.17) is 0 Å². The molecule has 0 saturated heterocycles. The molecule has 8 bridgehead atoms. The first kappa shape index (κ1) is 19.3. The third-order valence-electron chi connectivity index (χ3n) is 4.78. The Morgan fingerprint density at radius 3 is 1.32 bits per heavy atom. The molecule has 150 valence electrons. The van der Waals surface area contributed by atoms with Crippen LogP contribution in [0.5, 0.6) is 0 Å². The highest BCUT2D eigenvalue weighted by Gasteiger charge is 2.02. The molecule has 1 aromatic carbocycles. The van der Waals surface area contributed by atoms with E-state index in [0.717, 1.165) is 49.3 Å². The summed E-state index contributed by atoms with van der Waals surface area (Å²) < 4.78 is 1.13. The Kier molecular flexibility index (Phi) is 5.33. The van der Waals surface area contributed by atoms with Gasteiger partial charge in [0, 0.05) is 26.5 Å². The fourth-order valence-electron chi connectivity index (χ4n) is 3.36. The van der Waals surface area contributed by atoms with Gasteiger partial charge < -0.3 is 9.97 Å². The lowest BCUT2D eigenvalue weighted by molar-refractivity contribution is 1.28. The van der Waals surface area contributed by atoms with E-state index in [1.165, 1.54) is 0 Å². The van der Waals surface area contributed by atoms with Crippen molar-refractivity contribution in [3.8, 4) is 0 Å². The number of benzene rings is 1. The van der Waals surface area contributed by atoms with Gasteiger partial charge in [-0.1, -0.05) is 34.1 Å². The first-order chi connectivity index (χ1) is 15.2. The van der Waals surface area contributed by atoms with Crippen molar-refractivity contribution in [1.82, 2.24) is 19.9 Å². The normalized spacial score (nSPS) is 11.8. The number of aromatic amines is 2. The van der Waals surface area contributed by atoms with Crippen LogP contribution in [0.15, 0.2) is 83.3 Å². The zero-order valence-corrected chi connectivity index (χ0v) is 18.2. The highest BCUT2D eigenvalue weighted by molar-refractivity contribution is 9.10. The summed E-state index contributed by atoms with van der Waals surface area (Å²) in [6, 6.07) is 26.4. The SMILES string of the molecule is Brc1ccccc1.C1=Cc2cc3ccc(cc4ccc(cc5nc(cc1n2)C=C5)[nH]4)[nH]3. The number of rotatable bonds is 0. The van der Waals surface area contributed by atoms with Gasteiger partial charge in [-0.2, -0.15) is 0 Å². The van der Waals surface area contributed by atoms with Gasteiger partial charge in [-0.05, 0) is 85.0 Å². The monoisotopic (exact) mass is 466 g/mol. The van der Waals surface area contributed by atoms with Gasteiger partial charge >= 0.3 is 0 Å². The van der Waals surface area contributed by atoms with E-state index in [0.29, 0.717) is 0 Å². The van der Waals surface area contributed by atoms with E-state index in [2.05, 4.69) is 66.2 Å². The molecule has 2 N–H and O–H groups in total. The summed E-state index contributed by atoms with van der Waals surface area (Å²) in [5.41, 5.74) is 7.86. The quantitative estimate of drug-likeness (QED) is 0.250. The first-order valence-electron chi connectivity index (χ1n) is 9.95. The Morgan fingerprint density at radius 1 is 0.484 bits per heavy atom. The summed E-state index contributed by atoms with van der Waals surface area (Å²) in [5, 5.41) is 0. The number of nitrogens with one attached hydrogen (secondary N) is 2. The highest BCUT2D eigenvalue weighted by atomic mass is 79.9. The van der Waals surface area contributed by atoms with Crippen molar-refractivity contribution in [3.63, 3.8) is 0 Å². The smallest absolute Gasteiger partial charge is 0.0659 e. The zero-order valence-electron chi connectivity index (χ0n) is 16.6. The summed E-state index contributed by atoms with van der Waals surface area (Å²) >= 11 is 3.31. The van der Waals surface area contributed by atoms with Gasteiger partial charge in [-0.15, -0.1) is 0 Å². The molecule has 0 atom stereocenters. The predicted octanol–water partition coefficient (Wildman–Crippen LogP) is 7.10. The molecule has 6 rings (SSSR count). The number of hydrogen-bond acceptors (Lipinski definition) is 2. The van der Waals surface area contributed by atoms with Gasteiger partial charge in [0.2, 0.25) is 0 Å². The minimum atomic E-state index is 0.915. The minimum absolute atomic E-state index is 0.915. The van der Waals surface area contributed by atoms with Crippen LogP contribution >= 0.6 is 15.9 Å². The number of aromatic nitrogens is 4. The van der Waals surface area contributed by atoms with E-state index in [9.17, 15) is 0 Å². The van der Waals surface area contributed by atoms with Gasteiger partial charge in [0.05, 0.1) is 22.8 Å². The molecule has 2 aliphatic heterocycles. The Balaban J connectivity index is 0.000000250. The average Bonchev–Trinajstić information content (AvgIpc) is 3.55. The van der Waals surface area contributed by atoms with Gasteiger partial charge in [0.1, 0.15) is 0 Å². The van der Waals surface area contributed by atoms with Gasteiger partial charge in [0.25, 0.3) is 0 Å². The maximum atomic E-state index is 4.62. The third-order valence-corrected chi connectivity index (χ3v) is 5.30. The van der Waals surface area contributed by atoms with Crippen molar-refractivity contribution >= 4 is 62.3 Å². The molecule has 0 fully saturated rings. The van der Waals surface area contributed by atoms with Crippen LogP contribution in [-0.4, -0.2) is 19.9 Å². The van der Waals surface area contributed by atoms with E-state index >= 15 is 0 Å². The molecule has 0 unspecified atom stereocenters. The molecular weight excluding hydrogens is 448 g/mol. The van der Waals surface area contributed by atoms with Gasteiger partial charge in [-0.3, -0.25) is 0 Å². The van der Waals surface area contributed by atoms with Crippen LogP contribution in [0.25, 0.3) is 46.4 Å². The number of hydrogen-bond donors (Lipinski definition) is 2. The van der Waals surface area contributed by atoms with Crippen molar-refractivity contribution in [2.75, 3.05) is 0 Å². The Labute approximate surface area is 188 Å². The minimum Gasteiger partial charge on any atom is -0.355 e. The third kappa shape index (κ3) is 4.90. The standard InChI is InChI=1S/C20H14N4.C6H5Br/c1-2-14-10-16-5-6-18(23-16)12-20-8-7-19(24-20)11-17-4-3-15(22-17)9-13(1)21-14;7-6-4-2-1-3-5-6/h1-12,21-22H;1-5H. The second-order valence-electron chi connectivity index (χ2n) is 7.20. The molecule has 0 aliphatic carbocycles. The fraction of sp³-hybridized carbons (Fsp3) is 0. The molecule has 0 saturated carbocycles. The Morgan fingerprint density at radius 2 is 0.903 bits per heavy atom. The van der Waals surface area contributed by atoms with Crippen molar-refractivity contribution in [3.05, 3.63) is 106 Å². The van der Waals surface area contributed by atoms with Gasteiger partial charge in [0.15, 0.2) is 0 Å². The molecule has 4 aromatic rings. The molecule has 2 aliphatic rings. The molecule has 5 heterocycles. The van der Waals surface area contributed by atoms with E-state index in [-0.39, 0.29) is 0 Å². The second kappa shape index (κ2) is 8.58. The summed E-state index contributed by atoms with van der Waals surface area (Å²) in [5.74, 6) is 0. The van der Waals surface area contributed by atoms with Crippen LogP contribution in [0.3, 0.4) is 0 Å². The number of nitrogens with zero attached hydrogens (tertiary/aromatic N) is 2. The van der Waals surface area contributed by atoms with E-state index in [1.807, 2.05) is 72.8 Å². The van der Waals surface area contributed by atoms with Crippen LogP contribution in [0.4, 0.5) is 0 Å². The van der Waals surface area contributed by atoms with E-state index in [1.54, 1.807) is 0 Å². The highest BCUT2D eigenvalue weighted by Crippen LogP contribution is 2.17. The Hall–Kier alpha value is -3.70. The van der Waals surface area contributed by atoms with Crippen molar-refractivity contribution in [2.24, 2.45) is 0 Å². The Bertz CT molecular complexity index is 1350. The first-order valence-corrected chi connectivity index (χ1v) is 10.7. The van der Waals surface area contributed by atoms with Crippen LogP contribution < -0.4 is 0 Å². The van der Waals surface area contributed by atoms with E-state index < -0.39 is 0 Å². The largest absolute Gasteiger partial charge is 0.355 e. The van der Waals surface area contributed by atoms with Crippen LogP contribution in [0, 0.1) is 0 Å². The van der Waals surface area contributed by atoms with Crippen LogP contribution in [0.1, 0.15) is 22.8 Å². The number of H-pyrrole nitrogens is 2. The molecule has 3 aromatic heterocycles. The lowest BCUT2D eigenvalue weighted by Gasteiger charge is -1.86. The average molecular weight is 467 g/mol. The van der Waals surface area contributed by atoms with Crippen LogP contribution in [-0.2, 0) is 0 Å². The van der Waals surface area contributed by atoms with Crippen LogP contribution in [0.2, 0.25) is 0 Å². The van der Waals surface area contributed by atoms with Crippen molar-refractivity contribution in [1.29, 1.82) is 0 Å². The molecule has 5 heteroatoms. The molecule has 0 radical (unpaired) electrons. The zero-order chi connectivity index (χ0) is 21.0. The fourth-order valence-corrected chi connectivity index (χ4v) is 3.66. The second-order valence-corrected chi connectivity index (χ2v) is 8.12. The predicted molar refractivity (Wildman–Crippen MR) is 133 cm³/mol. The summed E-state index contributed by atoms with van der Waals surface area (Å²) in [4.78, 5) is 16.0. The maximum Gasteiger partial charge on any atom is 0.0659 e. The lowest BCUT2D eigenvalue weighted by Crippen LogP contribution is -1.77. The number of fused-ring (bicyclic) bond motifs is 8. The lowest BCUT2D eigenvalue weighted by atomic mass is 10.3.